The van der Waals surface area contributed by atoms with E-state index in [0.717, 1.165) is 31.9 Å². The van der Waals surface area contributed by atoms with E-state index in [-0.39, 0.29) is 0 Å². The standard InChI is InChI=1S/C13H24N4O2/c1-4-6-14-13-15-7-5-12(16-13)17(8-10-18-2)9-11-19-3/h5,7H,4,6,8-11H2,1-3H3,(H,14,15,16). The van der Waals surface area contributed by atoms with Crippen LogP contribution < -0.4 is 10.2 Å². The Morgan fingerprint density at radius 1 is 1.21 bits per heavy atom. The van der Waals surface area contributed by atoms with Crippen LogP contribution in [0.2, 0.25) is 0 Å². The molecule has 1 aromatic heterocycles. The van der Waals surface area contributed by atoms with Gasteiger partial charge in [0.05, 0.1) is 13.2 Å². The molecule has 1 rings (SSSR count). The van der Waals surface area contributed by atoms with Crippen LogP contribution >= 0.6 is 0 Å². The molecule has 0 amide bonds. The molecule has 0 unspecified atom stereocenters. The van der Waals surface area contributed by atoms with Gasteiger partial charge in [-0.2, -0.15) is 4.98 Å². The first kappa shape index (κ1) is 15.7. The fourth-order valence-electron chi connectivity index (χ4n) is 1.59. The van der Waals surface area contributed by atoms with Gasteiger partial charge in [0.1, 0.15) is 5.82 Å². The van der Waals surface area contributed by atoms with Crippen molar-refractivity contribution in [3.8, 4) is 0 Å². The van der Waals surface area contributed by atoms with Gasteiger partial charge in [-0.25, -0.2) is 4.98 Å². The van der Waals surface area contributed by atoms with Crippen LogP contribution in [0.15, 0.2) is 12.3 Å². The van der Waals surface area contributed by atoms with Gasteiger partial charge in [0, 0.05) is 40.1 Å². The zero-order chi connectivity index (χ0) is 13.9. The minimum atomic E-state index is 0.658. The summed E-state index contributed by atoms with van der Waals surface area (Å²) in [5.41, 5.74) is 0. The van der Waals surface area contributed by atoms with Crippen LogP contribution in [-0.4, -0.2) is 57.0 Å². The van der Waals surface area contributed by atoms with Crippen molar-refractivity contribution < 1.29 is 9.47 Å². The summed E-state index contributed by atoms with van der Waals surface area (Å²) in [7, 11) is 3.39. The van der Waals surface area contributed by atoms with Crippen LogP contribution in [-0.2, 0) is 9.47 Å². The molecule has 0 atom stereocenters. The predicted octanol–water partition coefficient (Wildman–Crippen LogP) is 1.40. The van der Waals surface area contributed by atoms with E-state index in [1.165, 1.54) is 0 Å². The predicted molar refractivity (Wildman–Crippen MR) is 76.8 cm³/mol. The molecule has 19 heavy (non-hydrogen) atoms. The Morgan fingerprint density at radius 2 is 1.89 bits per heavy atom. The van der Waals surface area contributed by atoms with Crippen molar-refractivity contribution in [2.45, 2.75) is 13.3 Å². The quantitative estimate of drug-likeness (QED) is 0.692. The molecule has 0 aliphatic carbocycles. The molecule has 0 saturated heterocycles. The molecule has 1 heterocycles. The van der Waals surface area contributed by atoms with E-state index < -0.39 is 0 Å². The highest BCUT2D eigenvalue weighted by Gasteiger charge is 2.08. The van der Waals surface area contributed by atoms with Crippen molar-refractivity contribution in [2.24, 2.45) is 0 Å². The van der Waals surface area contributed by atoms with E-state index >= 15 is 0 Å². The molecule has 6 nitrogen and oxygen atoms in total. The summed E-state index contributed by atoms with van der Waals surface area (Å²) in [5.74, 6) is 1.56. The molecular formula is C13H24N4O2. The molecule has 0 radical (unpaired) electrons. The zero-order valence-electron chi connectivity index (χ0n) is 12.1. The summed E-state index contributed by atoms with van der Waals surface area (Å²) in [6.07, 6.45) is 2.82. The summed E-state index contributed by atoms with van der Waals surface area (Å²) < 4.78 is 10.3. The first-order chi connectivity index (χ1) is 9.31. The van der Waals surface area contributed by atoms with Crippen LogP contribution in [0.25, 0.3) is 0 Å². The van der Waals surface area contributed by atoms with E-state index in [1.807, 2.05) is 6.07 Å². The van der Waals surface area contributed by atoms with Crippen molar-refractivity contribution in [1.29, 1.82) is 0 Å². The summed E-state index contributed by atoms with van der Waals surface area (Å²) in [5, 5.41) is 3.19. The summed E-state index contributed by atoms with van der Waals surface area (Å²) in [4.78, 5) is 10.8. The Hall–Kier alpha value is -1.40. The second kappa shape index (κ2) is 9.52. The van der Waals surface area contributed by atoms with Gasteiger partial charge in [-0.15, -0.1) is 0 Å². The fraction of sp³-hybridized carbons (Fsp3) is 0.692. The highest BCUT2D eigenvalue weighted by molar-refractivity contribution is 5.42. The number of anilines is 2. The molecule has 108 valence electrons. The number of rotatable bonds is 10. The van der Waals surface area contributed by atoms with Crippen molar-refractivity contribution in [3.05, 3.63) is 12.3 Å². The van der Waals surface area contributed by atoms with Crippen molar-refractivity contribution >= 4 is 11.8 Å². The zero-order valence-corrected chi connectivity index (χ0v) is 12.1. The number of nitrogens with one attached hydrogen (secondary N) is 1. The van der Waals surface area contributed by atoms with Crippen LogP contribution in [0.5, 0.6) is 0 Å². The van der Waals surface area contributed by atoms with E-state index in [2.05, 4.69) is 27.1 Å². The molecule has 0 saturated carbocycles. The Labute approximate surface area is 115 Å². The lowest BCUT2D eigenvalue weighted by Crippen LogP contribution is -2.31. The average molecular weight is 268 g/mol. The Morgan fingerprint density at radius 3 is 2.47 bits per heavy atom. The number of methoxy groups -OCH3 is 2. The summed E-state index contributed by atoms with van der Waals surface area (Å²) in [6.45, 7) is 5.87. The molecule has 0 spiro atoms. The second-order valence-corrected chi connectivity index (χ2v) is 4.14. The Bertz CT molecular complexity index is 341. The first-order valence-electron chi connectivity index (χ1n) is 6.61. The van der Waals surface area contributed by atoms with Gasteiger partial charge in [-0.05, 0) is 12.5 Å². The second-order valence-electron chi connectivity index (χ2n) is 4.14. The number of hydrogen-bond acceptors (Lipinski definition) is 6. The van der Waals surface area contributed by atoms with Crippen molar-refractivity contribution in [2.75, 3.05) is 57.3 Å². The number of ether oxygens (including phenoxy) is 2. The SMILES string of the molecule is CCCNc1nccc(N(CCOC)CCOC)n1. The number of aromatic nitrogens is 2. The number of hydrogen-bond donors (Lipinski definition) is 1. The lowest BCUT2D eigenvalue weighted by atomic mass is 10.4. The highest BCUT2D eigenvalue weighted by Crippen LogP contribution is 2.11. The van der Waals surface area contributed by atoms with Crippen LogP contribution in [0, 0.1) is 0 Å². The maximum atomic E-state index is 5.13. The number of nitrogens with zero attached hydrogens (tertiary/aromatic N) is 3. The molecule has 0 fully saturated rings. The van der Waals surface area contributed by atoms with Gasteiger partial charge in [0.15, 0.2) is 0 Å². The maximum Gasteiger partial charge on any atom is 0.224 e. The lowest BCUT2D eigenvalue weighted by Gasteiger charge is -2.23. The molecule has 1 N–H and O–H groups in total. The van der Waals surface area contributed by atoms with E-state index in [1.54, 1.807) is 20.4 Å². The van der Waals surface area contributed by atoms with Crippen LogP contribution in [0.3, 0.4) is 0 Å². The van der Waals surface area contributed by atoms with Gasteiger partial charge < -0.3 is 19.7 Å². The third-order valence-corrected chi connectivity index (χ3v) is 2.63. The smallest absolute Gasteiger partial charge is 0.224 e. The average Bonchev–Trinajstić information content (AvgIpc) is 2.45. The molecule has 1 aromatic rings. The Kier molecular flexibility index (Phi) is 7.84. The van der Waals surface area contributed by atoms with Crippen molar-refractivity contribution in [3.63, 3.8) is 0 Å². The third-order valence-electron chi connectivity index (χ3n) is 2.63. The monoisotopic (exact) mass is 268 g/mol. The molecule has 0 aromatic carbocycles. The van der Waals surface area contributed by atoms with Gasteiger partial charge >= 0.3 is 0 Å². The molecule has 0 bridgehead atoms. The van der Waals surface area contributed by atoms with Crippen molar-refractivity contribution in [1.82, 2.24) is 9.97 Å². The summed E-state index contributed by atoms with van der Waals surface area (Å²) >= 11 is 0. The van der Waals surface area contributed by atoms with Gasteiger partial charge in [0.25, 0.3) is 0 Å². The molecule has 6 heteroatoms. The lowest BCUT2D eigenvalue weighted by molar-refractivity contribution is 0.190. The van der Waals surface area contributed by atoms with Crippen LogP contribution in [0.4, 0.5) is 11.8 Å². The van der Waals surface area contributed by atoms with Gasteiger partial charge in [-0.1, -0.05) is 6.92 Å². The Balaban J connectivity index is 2.69. The maximum absolute atomic E-state index is 5.13. The topological polar surface area (TPSA) is 59.5 Å². The third kappa shape index (κ3) is 5.85. The van der Waals surface area contributed by atoms with Crippen LogP contribution in [0.1, 0.15) is 13.3 Å². The van der Waals surface area contributed by atoms with E-state index in [9.17, 15) is 0 Å². The molecule has 0 aliphatic heterocycles. The normalized spacial score (nSPS) is 10.5. The minimum absolute atomic E-state index is 0.658. The minimum Gasteiger partial charge on any atom is -0.383 e. The first-order valence-corrected chi connectivity index (χ1v) is 6.61. The fourth-order valence-corrected chi connectivity index (χ4v) is 1.59. The van der Waals surface area contributed by atoms with E-state index in [0.29, 0.717) is 19.2 Å². The van der Waals surface area contributed by atoms with Gasteiger partial charge in [-0.3, -0.25) is 0 Å². The molecular weight excluding hydrogens is 244 g/mol. The van der Waals surface area contributed by atoms with Gasteiger partial charge in [0.2, 0.25) is 5.95 Å². The highest BCUT2D eigenvalue weighted by atomic mass is 16.5. The van der Waals surface area contributed by atoms with E-state index in [4.69, 9.17) is 9.47 Å². The molecule has 0 aliphatic rings. The largest absolute Gasteiger partial charge is 0.383 e. The summed E-state index contributed by atoms with van der Waals surface area (Å²) in [6, 6.07) is 1.91.